The topological polar surface area (TPSA) is 193 Å². The molecule has 5 amide bonds. The number of aromatic nitrogens is 2. The first-order valence-corrected chi connectivity index (χ1v) is 16.0. The monoisotopic (exact) mass is 727 g/mol. The standard InChI is InChI=1S/C31H37F4N7O9/c1-2-50-30(49)40-13-11-39(12-14-40)29(48)21(8-9-26(44)45)37-27(46)22-16-25(42(38-22)20-6-3-5-19(32)15-20)51-17-24(43)41-10-4-7-23(41)28(47)36-18-31(33,34)35/h3,5-6,15-16,21,23H,2,4,7-14,17-18H2,1H3,(H,36,47)(H,37,46)(H,44,45). The SMILES string of the molecule is CCOC(=O)N1CCN(C(=O)C(CCC(=O)O)NC(=O)c2cc(OCC(=O)N3CCCC3C(=O)NCC(F)(F)F)n(-c3cccc(F)c3)n2)CC1. The van der Waals surface area contributed by atoms with Crippen LogP contribution in [0.1, 0.15) is 43.1 Å². The summed E-state index contributed by atoms with van der Waals surface area (Å²) in [6, 6.07) is 3.59. The molecule has 0 spiro atoms. The van der Waals surface area contributed by atoms with Crippen LogP contribution in [-0.2, 0) is 23.9 Å². The summed E-state index contributed by atoms with van der Waals surface area (Å²) >= 11 is 0. The van der Waals surface area contributed by atoms with Gasteiger partial charge in [-0.2, -0.15) is 18.3 Å². The Morgan fingerprint density at radius 1 is 1.04 bits per heavy atom. The molecule has 0 bridgehead atoms. The largest absolute Gasteiger partial charge is 0.481 e. The number of likely N-dealkylation sites (tertiary alicyclic amines) is 1. The van der Waals surface area contributed by atoms with Gasteiger partial charge in [0.2, 0.25) is 17.7 Å². The van der Waals surface area contributed by atoms with E-state index in [1.54, 1.807) is 12.2 Å². The second kappa shape index (κ2) is 17.0. The van der Waals surface area contributed by atoms with E-state index < -0.39 is 79.3 Å². The molecule has 3 N–H and O–H groups in total. The van der Waals surface area contributed by atoms with Gasteiger partial charge in [-0.25, -0.2) is 13.9 Å². The van der Waals surface area contributed by atoms with Crippen molar-refractivity contribution in [3.8, 4) is 11.6 Å². The number of amides is 5. The molecule has 1 aromatic heterocycles. The first kappa shape index (κ1) is 38.4. The summed E-state index contributed by atoms with van der Waals surface area (Å²) in [6.45, 7) is 0.102. The highest BCUT2D eigenvalue weighted by atomic mass is 19.4. The molecule has 4 rings (SSSR count). The second-order valence-corrected chi connectivity index (χ2v) is 11.6. The fourth-order valence-corrected chi connectivity index (χ4v) is 5.53. The number of aliphatic carboxylic acids is 1. The van der Waals surface area contributed by atoms with Crippen LogP contribution >= 0.6 is 0 Å². The highest BCUT2D eigenvalue weighted by Gasteiger charge is 2.37. The van der Waals surface area contributed by atoms with Crippen LogP contribution in [0.2, 0.25) is 0 Å². The lowest BCUT2D eigenvalue weighted by atomic mass is 10.1. The first-order valence-electron chi connectivity index (χ1n) is 16.0. The molecule has 3 heterocycles. The van der Waals surface area contributed by atoms with E-state index in [0.717, 1.165) is 27.8 Å². The van der Waals surface area contributed by atoms with Gasteiger partial charge < -0.3 is 39.9 Å². The molecule has 20 heteroatoms. The van der Waals surface area contributed by atoms with Crippen molar-refractivity contribution >= 4 is 35.7 Å². The molecule has 2 fully saturated rings. The van der Waals surface area contributed by atoms with Crippen molar-refractivity contribution in [2.45, 2.75) is 50.9 Å². The van der Waals surface area contributed by atoms with Gasteiger partial charge in [0.1, 0.15) is 24.4 Å². The van der Waals surface area contributed by atoms with E-state index >= 15 is 0 Å². The van der Waals surface area contributed by atoms with Gasteiger partial charge in [0.15, 0.2) is 12.3 Å². The Morgan fingerprint density at radius 2 is 1.75 bits per heavy atom. The predicted molar refractivity (Wildman–Crippen MR) is 166 cm³/mol. The van der Waals surface area contributed by atoms with Crippen LogP contribution in [0.3, 0.4) is 0 Å². The van der Waals surface area contributed by atoms with Gasteiger partial charge >= 0.3 is 18.2 Å². The van der Waals surface area contributed by atoms with Crippen LogP contribution in [0, 0.1) is 5.82 Å². The highest BCUT2D eigenvalue weighted by Crippen LogP contribution is 2.23. The van der Waals surface area contributed by atoms with Crippen molar-refractivity contribution in [2.75, 3.05) is 52.5 Å². The Kier molecular flexibility index (Phi) is 12.8. The summed E-state index contributed by atoms with van der Waals surface area (Å²) in [5.41, 5.74) is -0.285. The van der Waals surface area contributed by atoms with E-state index in [1.165, 1.54) is 21.9 Å². The number of hydrogen-bond donors (Lipinski definition) is 3. The molecule has 2 aliphatic rings. The number of benzene rings is 1. The molecule has 278 valence electrons. The minimum absolute atomic E-state index is 0.0695. The maximum atomic E-state index is 14.2. The Balaban J connectivity index is 1.50. The Bertz CT molecular complexity index is 1610. The van der Waals surface area contributed by atoms with Crippen LogP contribution in [0.5, 0.6) is 5.88 Å². The summed E-state index contributed by atoms with van der Waals surface area (Å²) in [7, 11) is 0. The minimum Gasteiger partial charge on any atom is -0.481 e. The maximum Gasteiger partial charge on any atom is 0.409 e. The van der Waals surface area contributed by atoms with Crippen molar-refractivity contribution in [1.82, 2.24) is 35.1 Å². The van der Waals surface area contributed by atoms with E-state index in [4.69, 9.17) is 9.47 Å². The lowest BCUT2D eigenvalue weighted by molar-refractivity contribution is -0.145. The van der Waals surface area contributed by atoms with E-state index in [1.807, 2.05) is 0 Å². The van der Waals surface area contributed by atoms with Crippen molar-refractivity contribution < 1.29 is 60.9 Å². The van der Waals surface area contributed by atoms with Gasteiger partial charge in [0.25, 0.3) is 11.8 Å². The zero-order chi connectivity index (χ0) is 37.3. The number of nitrogens with zero attached hydrogens (tertiary/aromatic N) is 5. The predicted octanol–water partition coefficient (Wildman–Crippen LogP) is 1.32. The van der Waals surface area contributed by atoms with Crippen molar-refractivity contribution in [3.63, 3.8) is 0 Å². The molecule has 2 saturated heterocycles. The van der Waals surface area contributed by atoms with Gasteiger partial charge in [-0.05, 0) is 44.4 Å². The smallest absolute Gasteiger partial charge is 0.409 e. The van der Waals surface area contributed by atoms with Crippen molar-refractivity contribution in [2.24, 2.45) is 0 Å². The molecule has 0 radical (unpaired) electrons. The lowest BCUT2D eigenvalue weighted by Gasteiger charge is -2.35. The van der Waals surface area contributed by atoms with E-state index in [9.17, 15) is 51.4 Å². The third-order valence-corrected chi connectivity index (χ3v) is 8.01. The number of carbonyl (C=O) groups is 6. The first-order chi connectivity index (χ1) is 24.2. The minimum atomic E-state index is -4.64. The summed E-state index contributed by atoms with van der Waals surface area (Å²) in [5, 5.41) is 17.7. The number of halogens is 4. The average molecular weight is 728 g/mol. The van der Waals surface area contributed by atoms with Gasteiger partial charge in [-0.15, -0.1) is 0 Å². The molecule has 16 nitrogen and oxygen atoms in total. The average Bonchev–Trinajstić information content (AvgIpc) is 3.76. The van der Waals surface area contributed by atoms with Crippen molar-refractivity contribution in [3.05, 3.63) is 41.8 Å². The number of carboxylic acid groups (broad SMARTS) is 1. The van der Waals surface area contributed by atoms with Gasteiger partial charge in [-0.1, -0.05) is 6.07 Å². The second-order valence-electron chi connectivity index (χ2n) is 11.6. The quantitative estimate of drug-likeness (QED) is 0.254. The number of alkyl halides is 3. The Labute approximate surface area is 288 Å². The highest BCUT2D eigenvalue weighted by molar-refractivity contribution is 5.96. The molecular weight excluding hydrogens is 690 g/mol. The van der Waals surface area contributed by atoms with Crippen molar-refractivity contribution in [1.29, 1.82) is 0 Å². The molecule has 0 aliphatic carbocycles. The van der Waals surface area contributed by atoms with Gasteiger partial charge in [0.05, 0.1) is 12.3 Å². The molecule has 2 aliphatic heterocycles. The number of piperazine rings is 1. The van der Waals surface area contributed by atoms with Crippen LogP contribution in [-0.4, -0.2) is 136 Å². The molecule has 0 saturated carbocycles. The van der Waals surface area contributed by atoms with Crippen LogP contribution in [0.15, 0.2) is 30.3 Å². The Hall–Kier alpha value is -5.43. The van der Waals surface area contributed by atoms with E-state index in [0.29, 0.717) is 6.42 Å². The zero-order valence-corrected chi connectivity index (χ0v) is 27.5. The Morgan fingerprint density at radius 3 is 2.39 bits per heavy atom. The number of ether oxygens (including phenoxy) is 2. The third-order valence-electron chi connectivity index (χ3n) is 8.01. The fourth-order valence-electron chi connectivity index (χ4n) is 5.53. The third kappa shape index (κ3) is 10.5. The summed E-state index contributed by atoms with van der Waals surface area (Å²) in [4.78, 5) is 79.7. The van der Waals surface area contributed by atoms with E-state index in [-0.39, 0.29) is 69.4 Å². The van der Waals surface area contributed by atoms with Crippen LogP contribution in [0.25, 0.3) is 5.69 Å². The molecule has 1 aromatic carbocycles. The molecule has 2 atom stereocenters. The van der Waals surface area contributed by atoms with Gasteiger partial charge in [0, 0.05) is 45.2 Å². The molecule has 51 heavy (non-hydrogen) atoms. The number of hydrogen-bond acceptors (Lipinski definition) is 9. The number of carbonyl (C=O) groups excluding carboxylic acids is 5. The zero-order valence-electron chi connectivity index (χ0n) is 27.5. The summed E-state index contributed by atoms with van der Waals surface area (Å²) < 4.78 is 63.7. The fraction of sp³-hybridized carbons (Fsp3) is 0.516. The normalized spacial score (nSPS) is 16.7. The summed E-state index contributed by atoms with van der Waals surface area (Å²) in [5.74, 6) is -5.39. The number of carboxylic acids is 1. The van der Waals surface area contributed by atoms with Gasteiger partial charge in [-0.3, -0.25) is 24.0 Å². The van der Waals surface area contributed by atoms with Crippen LogP contribution in [0.4, 0.5) is 22.4 Å². The summed E-state index contributed by atoms with van der Waals surface area (Å²) in [6.07, 6.45) is -5.46. The molecule has 2 unspecified atom stereocenters. The van der Waals surface area contributed by atoms with Crippen LogP contribution < -0.4 is 15.4 Å². The van der Waals surface area contributed by atoms with E-state index in [2.05, 4.69) is 10.4 Å². The number of rotatable bonds is 13. The maximum absolute atomic E-state index is 14.2. The molecule has 2 aromatic rings. The molecular formula is C31H37F4N7O9. The lowest BCUT2D eigenvalue weighted by Crippen LogP contribution is -2.56. The number of nitrogens with one attached hydrogen (secondary N) is 2.